The summed E-state index contributed by atoms with van der Waals surface area (Å²) in [7, 11) is 0. The van der Waals surface area contributed by atoms with E-state index in [9.17, 15) is 0 Å². The monoisotopic (exact) mass is 490 g/mol. The summed E-state index contributed by atoms with van der Waals surface area (Å²) in [5.41, 5.74) is 4.06. The first-order valence-corrected chi connectivity index (χ1v) is 12.2. The Bertz CT molecular complexity index is 1600. The SMILES string of the molecule is S=C1N[C@H](c2ccccn2)[C@@H](c2cccn2-c2ccc3ccccc3c2)N1c1ccc2c(c1)OCO2. The Balaban J connectivity index is 1.38. The number of ether oxygens (including phenoxy) is 2. The van der Waals surface area contributed by atoms with Crippen LogP contribution in [-0.2, 0) is 0 Å². The zero-order chi connectivity index (χ0) is 24.1. The van der Waals surface area contributed by atoms with Crippen molar-refractivity contribution in [3.63, 3.8) is 0 Å². The highest BCUT2D eigenvalue weighted by Gasteiger charge is 2.42. The molecule has 0 bridgehead atoms. The molecular weight excluding hydrogens is 468 g/mol. The van der Waals surface area contributed by atoms with Gasteiger partial charge in [0.05, 0.1) is 11.7 Å². The largest absolute Gasteiger partial charge is 0.454 e. The van der Waals surface area contributed by atoms with Crippen molar-refractivity contribution >= 4 is 33.8 Å². The average molecular weight is 491 g/mol. The van der Waals surface area contributed by atoms with Crippen molar-refractivity contribution in [3.05, 3.63) is 115 Å². The van der Waals surface area contributed by atoms with Gasteiger partial charge in [0, 0.05) is 35.5 Å². The lowest BCUT2D eigenvalue weighted by atomic mass is 10.0. The van der Waals surface area contributed by atoms with Crippen LogP contribution in [0.1, 0.15) is 23.5 Å². The van der Waals surface area contributed by atoms with E-state index in [2.05, 4.69) is 80.6 Å². The number of thiocarbonyl (C=S) groups is 1. The third-order valence-electron chi connectivity index (χ3n) is 6.83. The van der Waals surface area contributed by atoms with Crippen LogP contribution in [0.2, 0.25) is 0 Å². The molecule has 0 aliphatic carbocycles. The second-order valence-corrected chi connectivity index (χ2v) is 9.26. The smallest absolute Gasteiger partial charge is 0.231 e. The van der Waals surface area contributed by atoms with Crippen LogP contribution in [0.25, 0.3) is 16.5 Å². The maximum absolute atomic E-state index is 5.91. The molecule has 3 aromatic carbocycles. The number of pyridine rings is 1. The second kappa shape index (κ2) is 8.39. The number of aromatic nitrogens is 2. The van der Waals surface area contributed by atoms with E-state index in [1.165, 1.54) is 10.8 Å². The van der Waals surface area contributed by atoms with Gasteiger partial charge in [-0.05, 0) is 71.5 Å². The first kappa shape index (κ1) is 21.0. The highest BCUT2D eigenvalue weighted by atomic mass is 32.1. The van der Waals surface area contributed by atoms with Crippen LogP contribution in [0.4, 0.5) is 5.69 Å². The zero-order valence-electron chi connectivity index (χ0n) is 19.2. The lowest BCUT2D eigenvalue weighted by Gasteiger charge is -2.29. The van der Waals surface area contributed by atoms with Crippen LogP contribution in [0.15, 0.2) is 103 Å². The molecule has 2 aliphatic heterocycles. The van der Waals surface area contributed by atoms with Crippen molar-refractivity contribution in [2.24, 2.45) is 0 Å². The molecule has 2 aliphatic rings. The molecule has 1 saturated heterocycles. The fourth-order valence-corrected chi connectivity index (χ4v) is 5.51. The standard InChI is InChI=1S/C29H22N4O2S/c36-29-31-27(23-8-3-4-14-30-23)28(33(29)22-12-13-25-26(17-22)35-18-34-25)24-9-5-15-32(24)21-11-10-19-6-1-2-7-20(19)16-21/h1-17,27-28H,18H2,(H,31,36)/t27-,28-/m1/s1. The van der Waals surface area contributed by atoms with Gasteiger partial charge in [0.25, 0.3) is 0 Å². The van der Waals surface area contributed by atoms with Crippen molar-refractivity contribution < 1.29 is 9.47 Å². The lowest BCUT2D eigenvalue weighted by Crippen LogP contribution is -2.30. The number of benzene rings is 3. The Morgan fingerprint density at radius 3 is 2.53 bits per heavy atom. The van der Waals surface area contributed by atoms with Crippen molar-refractivity contribution in [3.8, 4) is 17.2 Å². The predicted molar refractivity (Wildman–Crippen MR) is 144 cm³/mol. The van der Waals surface area contributed by atoms with Crippen LogP contribution < -0.4 is 19.7 Å². The highest BCUT2D eigenvalue weighted by molar-refractivity contribution is 7.80. The summed E-state index contributed by atoms with van der Waals surface area (Å²) in [6, 6.07) is 30.9. The molecule has 0 saturated carbocycles. The molecule has 0 radical (unpaired) electrons. The first-order chi connectivity index (χ1) is 17.8. The van der Waals surface area contributed by atoms with E-state index in [0.29, 0.717) is 5.11 Å². The quantitative estimate of drug-likeness (QED) is 0.315. The molecule has 176 valence electrons. The summed E-state index contributed by atoms with van der Waals surface area (Å²) in [4.78, 5) is 6.84. The summed E-state index contributed by atoms with van der Waals surface area (Å²) in [6.45, 7) is 0.228. The molecule has 1 fully saturated rings. The molecule has 2 atom stereocenters. The minimum atomic E-state index is -0.144. The molecule has 0 spiro atoms. The summed E-state index contributed by atoms with van der Waals surface area (Å²) < 4.78 is 13.5. The molecule has 1 N–H and O–H groups in total. The Kier molecular flexibility index (Phi) is 4.89. The number of rotatable bonds is 4. The van der Waals surface area contributed by atoms with Gasteiger partial charge in [-0.15, -0.1) is 0 Å². The summed E-state index contributed by atoms with van der Waals surface area (Å²) in [5.74, 6) is 1.47. The normalized spacial score (nSPS) is 18.6. The van der Waals surface area contributed by atoms with Gasteiger partial charge >= 0.3 is 0 Å². The van der Waals surface area contributed by atoms with Crippen LogP contribution in [-0.4, -0.2) is 21.5 Å². The molecule has 7 rings (SSSR count). The molecule has 2 aromatic heterocycles. The fourth-order valence-electron chi connectivity index (χ4n) is 5.17. The van der Waals surface area contributed by atoms with Gasteiger partial charge < -0.3 is 24.3 Å². The molecule has 0 amide bonds. The number of hydrogen-bond acceptors (Lipinski definition) is 4. The molecule has 36 heavy (non-hydrogen) atoms. The van der Waals surface area contributed by atoms with E-state index in [-0.39, 0.29) is 18.9 Å². The Hall–Kier alpha value is -4.36. The van der Waals surface area contributed by atoms with E-state index < -0.39 is 0 Å². The van der Waals surface area contributed by atoms with Crippen LogP contribution in [0, 0.1) is 0 Å². The third kappa shape index (κ3) is 3.39. The van der Waals surface area contributed by atoms with E-state index in [1.807, 2.05) is 42.6 Å². The van der Waals surface area contributed by atoms with Crippen molar-refractivity contribution in [2.45, 2.75) is 12.1 Å². The minimum Gasteiger partial charge on any atom is -0.454 e. The average Bonchev–Trinajstić information content (AvgIpc) is 3.66. The van der Waals surface area contributed by atoms with Crippen LogP contribution in [0.5, 0.6) is 11.5 Å². The Morgan fingerprint density at radius 1 is 0.806 bits per heavy atom. The molecule has 4 heterocycles. The summed E-state index contributed by atoms with van der Waals surface area (Å²) >= 11 is 5.91. The van der Waals surface area contributed by atoms with Gasteiger partial charge in [-0.25, -0.2) is 0 Å². The number of nitrogens with one attached hydrogen (secondary N) is 1. The predicted octanol–water partition coefficient (Wildman–Crippen LogP) is 5.93. The molecule has 6 nitrogen and oxygen atoms in total. The Labute approximate surface area is 213 Å². The number of nitrogens with zero attached hydrogens (tertiary/aromatic N) is 3. The highest BCUT2D eigenvalue weighted by Crippen LogP contribution is 2.45. The van der Waals surface area contributed by atoms with Gasteiger partial charge in [-0.2, -0.15) is 0 Å². The number of hydrogen-bond donors (Lipinski definition) is 1. The van der Waals surface area contributed by atoms with E-state index in [4.69, 9.17) is 21.7 Å². The summed E-state index contributed by atoms with van der Waals surface area (Å²) in [5, 5.41) is 6.59. The summed E-state index contributed by atoms with van der Waals surface area (Å²) in [6.07, 6.45) is 3.93. The Morgan fingerprint density at radius 2 is 1.64 bits per heavy atom. The van der Waals surface area contributed by atoms with E-state index in [0.717, 1.165) is 34.3 Å². The lowest BCUT2D eigenvalue weighted by molar-refractivity contribution is 0.174. The van der Waals surface area contributed by atoms with Gasteiger partial charge in [0.1, 0.15) is 6.04 Å². The number of anilines is 1. The first-order valence-electron chi connectivity index (χ1n) is 11.8. The van der Waals surface area contributed by atoms with Crippen molar-refractivity contribution in [1.82, 2.24) is 14.9 Å². The van der Waals surface area contributed by atoms with Gasteiger partial charge in [-0.1, -0.05) is 36.4 Å². The molecule has 0 unspecified atom stereocenters. The molecular formula is C29H22N4O2S. The third-order valence-corrected chi connectivity index (χ3v) is 7.14. The van der Waals surface area contributed by atoms with Gasteiger partial charge in [0.2, 0.25) is 6.79 Å². The fraction of sp³-hybridized carbons (Fsp3) is 0.103. The van der Waals surface area contributed by atoms with Crippen LogP contribution in [0.3, 0.4) is 0 Å². The number of fused-ring (bicyclic) bond motifs is 2. The van der Waals surface area contributed by atoms with Crippen LogP contribution >= 0.6 is 12.2 Å². The van der Waals surface area contributed by atoms with Crippen molar-refractivity contribution in [1.29, 1.82) is 0 Å². The topological polar surface area (TPSA) is 51.6 Å². The molecule has 7 heteroatoms. The second-order valence-electron chi connectivity index (χ2n) is 8.87. The van der Waals surface area contributed by atoms with E-state index in [1.54, 1.807) is 0 Å². The van der Waals surface area contributed by atoms with E-state index >= 15 is 0 Å². The maximum Gasteiger partial charge on any atom is 0.231 e. The zero-order valence-corrected chi connectivity index (χ0v) is 20.1. The minimum absolute atomic E-state index is 0.141. The van der Waals surface area contributed by atoms with Gasteiger partial charge in [-0.3, -0.25) is 4.98 Å². The maximum atomic E-state index is 5.91. The van der Waals surface area contributed by atoms with Crippen molar-refractivity contribution in [2.75, 3.05) is 11.7 Å². The molecule has 5 aromatic rings. The van der Waals surface area contributed by atoms with Gasteiger partial charge in [0.15, 0.2) is 16.6 Å².